The molecule has 0 bridgehead atoms. The topological polar surface area (TPSA) is 107 Å². The second-order valence-electron chi connectivity index (χ2n) is 7.68. The number of ether oxygens (including phenoxy) is 1. The summed E-state index contributed by atoms with van der Waals surface area (Å²) in [6, 6.07) is 13.0. The van der Waals surface area contributed by atoms with E-state index in [1.165, 1.54) is 0 Å². The Labute approximate surface area is 186 Å². The third kappa shape index (κ3) is 4.25. The van der Waals surface area contributed by atoms with Gasteiger partial charge in [-0.05, 0) is 50.5 Å². The summed E-state index contributed by atoms with van der Waals surface area (Å²) in [5, 5.41) is 6.84. The summed E-state index contributed by atoms with van der Waals surface area (Å²) in [6.45, 7) is 3.89. The minimum atomic E-state index is -0.517. The van der Waals surface area contributed by atoms with Crippen molar-refractivity contribution in [2.24, 2.45) is 15.9 Å². The number of para-hydroxylation sites is 1. The van der Waals surface area contributed by atoms with Crippen LogP contribution in [0.15, 0.2) is 58.8 Å². The molecule has 1 amide bonds. The molecule has 0 radical (unpaired) electrons. The molecule has 3 aromatic rings. The molecule has 1 aliphatic heterocycles. The molecule has 0 aliphatic carbocycles. The summed E-state index contributed by atoms with van der Waals surface area (Å²) in [6.07, 6.45) is 4.88. The second-order valence-corrected chi connectivity index (χ2v) is 7.68. The van der Waals surface area contributed by atoms with E-state index in [2.05, 4.69) is 20.4 Å². The van der Waals surface area contributed by atoms with Crippen molar-refractivity contribution < 1.29 is 9.53 Å². The van der Waals surface area contributed by atoms with E-state index < -0.39 is 6.04 Å². The molecular weight excluding hydrogens is 404 g/mol. The number of hydrazone groups is 1. The number of hydrogen-bond donors (Lipinski definition) is 2. The van der Waals surface area contributed by atoms with E-state index in [4.69, 9.17) is 10.6 Å². The van der Waals surface area contributed by atoms with Gasteiger partial charge in [0.25, 0.3) is 0 Å². The smallest absolute Gasteiger partial charge is 0.249 e. The zero-order chi connectivity index (χ0) is 22.7. The van der Waals surface area contributed by atoms with Crippen LogP contribution in [0.25, 0.3) is 5.69 Å². The average molecular weight is 431 g/mol. The Morgan fingerprint density at radius 1 is 1.28 bits per heavy atom. The van der Waals surface area contributed by atoms with E-state index >= 15 is 0 Å². The van der Waals surface area contributed by atoms with Gasteiger partial charge in [0.1, 0.15) is 23.3 Å². The van der Waals surface area contributed by atoms with Gasteiger partial charge in [-0.25, -0.2) is 4.98 Å². The van der Waals surface area contributed by atoms with Crippen LogP contribution in [-0.4, -0.2) is 40.5 Å². The van der Waals surface area contributed by atoms with Crippen molar-refractivity contribution in [2.45, 2.75) is 32.7 Å². The van der Waals surface area contributed by atoms with Crippen LogP contribution in [0.5, 0.6) is 5.75 Å². The van der Waals surface area contributed by atoms with E-state index in [1.54, 1.807) is 13.3 Å². The molecule has 2 aromatic carbocycles. The molecule has 8 heteroatoms. The lowest BCUT2D eigenvalue weighted by atomic mass is 10.1. The van der Waals surface area contributed by atoms with Crippen molar-refractivity contribution in [3.63, 3.8) is 0 Å². The van der Waals surface area contributed by atoms with Gasteiger partial charge in [0.2, 0.25) is 5.91 Å². The molecule has 0 saturated heterocycles. The van der Waals surface area contributed by atoms with E-state index in [-0.39, 0.29) is 5.91 Å². The molecule has 8 nitrogen and oxygen atoms in total. The van der Waals surface area contributed by atoms with Crippen molar-refractivity contribution in [3.05, 3.63) is 71.3 Å². The highest BCUT2D eigenvalue weighted by molar-refractivity contribution is 6.38. The van der Waals surface area contributed by atoms with Crippen molar-refractivity contribution in [2.75, 3.05) is 12.4 Å². The van der Waals surface area contributed by atoms with E-state index in [1.807, 2.05) is 67.1 Å². The predicted molar refractivity (Wildman–Crippen MR) is 126 cm³/mol. The third-order valence-electron chi connectivity index (χ3n) is 5.52. The van der Waals surface area contributed by atoms with Crippen molar-refractivity contribution in [1.29, 1.82) is 0 Å². The van der Waals surface area contributed by atoms with Crippen LogP contribution in [-0.2, 0) is 11.2 Å². The van der Waals surface area contributed by atoms with Crippen molar-refractivity contribution >= 4 is 23.5 Å². The van der Waals surface area contributed by atoms with Crippen LogP contribution < -0.4 is 15.9 Å². The molecule has 0 spiro atoms. The fraction of sp³-hybridized carbons (Fsp3) is 0.250. The minimum Gasteiger partial charge on any atom is -0.495 e. The molecule has 3 N–H and O–H groups in total. The molecule has 1 aromatic heterocycles. The molecule has 2 heterocycles. The largest absolute Gasteiger partial charge is 0.495 e. The van der Waals surface area contributed by atoms with Crippen molar-refractivity contribution in [1.82, 2.24) is 9.55 Å². The average Bonchev–Trinajstić information content (AvgIpc) is 3.04. The van der Waals surface area contributed by atoms with Gasteiger partial charge in [-0.2, -0.15) is 5.10 Å². The van der Waals surface area contributed by atoms with Gasteiger partial charge < -0.3 is 20.5 Å². The summed E-state index contributed by atoms with van der Waals surface area (Å²) in [5.41, 5.74) is 4.94. The standard InChI is InChI=1S/C24H26N6O2/c1-15-14-30(16(2)27-15)22-11-9-18(12-23(22)32-3)21(29-25)13-26-20-10-8-17-6-4-5-7-19(17)28-24(20)31/h4-7,9,11-14,20H,8,10,25H2,1-3H3,(H,28,31)/b26-13?,29-21+. The number of hydrogen-bond acceptors (Lipinski definition) is 6. The summed E-state index contributed by atoms with van der Waals surface area (Å²) in [7, 11) is 1.61. The van der Waals surface area contributed by atoms with Crippen LogP contribution in [0.2, 0.25) is 0 Å². The lowest BCUT2D eigenvalue weighted by Gasteiger charge is -2.13. The zero-order valence-electron chi connectivity index (χ0n) is 18.4. The second kappa shape index (κ2) is 9.05. The lowest BCUT2D eigenvalue weighted by molar-refractivity contribution is -0.117. The number of aliphatic imine (C=N–C) groups is 1. The molecule has 32 heavy (non-hydrogen) atoms. The Balaban J connectivity index is 1.57. The maximum Gasteiger partial charge on any atom is 0.249 e. The quantitative estimate of drug-likeness (QED) is 0.368. The van der Waals surface area contributed by atoms with Crippen LogP contribution in [0.1, 0.15) is 29.1 Å². The fourth-order valence-corrected chi connectivity index (χ4v) is 3.88. The number of rotatable bonds is 5. The van der Waals surface area contributed by atoms with E-state index in [0.717, 1.165) is 40.4 Å². The monoisotopic (exact) mass is 430 g/mol. The van der Waals surface area contributed by atoms with Crippen LogP contribution >= 0.6 is 0 Å². The number of fused-ring (bicyclic) bond motifs is 1. The molecule has 164 valence electrons. The Morgan fingerprint density at radius 3 is 2.81 bits per heavy atom. The number of amides is 1. The van der Waals surface area contributed by atoms with Gasteiger partial charge in [-0.3, -0.25) is 9.79 Å². The molecule has 0 fully saturated rings. The zero-order valence-corrected chi connectivity index (χ0v) is 18.4. The Kier molecular flexibility index (Phi) is 6.02. The normalized spacial score (nSPS) is 16.5. The first kappa shape index (κ1) is 21.3. The molecule has 1 unspecified atom stereocenters. The summed E-state index contributed by atoms with van der Waals surface area (Å²) in [4.78, 5) is 21.6. The number of nitrogens with two attached hydrogens (primary N) is 1. The van der Waals surface area contributed by atoms with E-state index in [9.17, 15) is 4.79 Å². The number of methoxy groups -OCH3 is 1. The Morgan fingerprint density at radius 2 is 2.09 bits per heavy atom. The van der Waals surface area contributed by atoms with E-state index in [0.29, 0.717) is 17.9 Å². The highest BCUT2D eigenvalue weighted by Gasteiger charge is 2.22. The predicted octanol–water partition coefficient (Wildman–Crippen LogP) is 3.18. The van der Waals surface area contributed by atoms with Crippen LogP contribution in [0.4, 0.5) is 5.69 Å². The van der Waals surface area contributed by atoms with Crippen LogP contribution in [0, 0.1) is 13.8 Å². The minimum absolute atomic E-state index is 0.138. The highest BCUT2D eigenvalue weighted by atomic mass is 16.5. The fourth-order valence-electron chi connectivity index (χ4n) is 3.88. The van der Waals surface area contributed by atoms with Crippen molar-refractivity contribution in [3.8, 4) is 11.4 Å². The summed E-state index contributed by atoms with van der Waals surface area (Å²) in [5.74, 6) is 7.04. The molecule has 4 rings (SSSR count). The maximum atomic E-state index is 12.6. The molecule has 1 aliphatic rings. The maximum absolute atomic E-state index is 12.6. The Bertz CT molecular complexity index is 1210. The summed E-state index contributed by atoms with van der Waals surface area (Å²) >= 11 is 0. The number of nitrogens with zero attached hydrogens (tertiary/aromatic N) is 4. The lowest BCUT2D eigenvalue weighted by Crippen LogP contribution is -2.25. The Hall–Kier alpha value is -3.94. The number of aromatic nitrogens is 2. The first-order valence-corrected chi connectivity index (χ1v) is 10.4. The molecular formula is C24H26N6O2. The number of anilines is 1. The first-order chi connectivity index (χ1) is 15.5. The van der Waals surface area contributed by atoms with Gasteiger partial charge in [-0.1, -0.05) is 24.3 Å². The number of imidazole rings is 1. The number of carbonyl (C=O) groups excluding carboxylic acids is 1. The van der Waals surface area contributed by atoms with Gasteiger partial charge in [-0.15, -0.1) is 0 Å². The van der Waals surface area contributed by atoms with Gasteiger partial charge in [0, 0.05) is 17.4 Å². The SMILES string of the molecule is COc1cc(/C(C=NC2CCc3ccccc3NC2=O)=N/N)ccc1-n1cc(C)nc1C. The number of nitrogens with one attached hydrogen (secondary N) is 1. The number of aryl methyl sites for hydroxylation is 3. The van der Waals surface area contributed by atoms with Gasteiger partial charge in [0.15, 0.2) is 0 Å². The van der Waals surface area contributed by atoms with Gasteiger partial charge in [0.05, 0.1) is 24.7 Å². The van der Waals surface area contributed by atoms with Crippen LogP contribution in [0.3, 0.4) is 0 Å². The first-order valence-electron chi connectivity index (χ1n) is 10.4. The number of benzene rings is 2. The summed E-state index contributed by atoms with van der Waals surface area (Å²) < 4.78 is 7.58. The highest BCUT2D eigenvalue weighted by Crippen LogP contribution is 2.26. The number of carbonyl (C=O) groups is 1. The van der Waals surface area contributed by atoms with Gasteiger partial charge >= 0.3 is 0 Å². The third-order valence-corrected chi connectivity index (χ3v) is 5.52. The molecule has 0 saturated carbocycles. The molecule has 1 atom stereocenters.